The summed E-state index contributed by atoms with van der Waals surface area (Å²) >= 11 is 22.6. The molecule has 2 N–H and O–H groups in total. The van der Waals surface area contributed by atoms with Crippen LogP contribution in [0.5, 0.6) is 17.2 Å². The number of amides is 6. The number of ether oxygens (including phenoxy) is 8. The number of nitrogens with zero attached hydrogens (tertiary/aromatic N) is 3. The number of phenolic OH excluding ortho intramolecular Hbond substituents is 1. The maximum atomic E-state index is 13.7. The topological polar surface area (TPSA) is 310 Å². The Morgan fingerprint density at radius 1 is 0.521 bits per heavy atom. The number of aromatic hydroxyl groups is 1. The van der Waals surface area contributed by atoms with E-state index in [4.69, 9.17) is 99.5 Å². The van der Waals surface area contributed by atoms with Crippen molar-refractivity contribution in [1.82, 2.24) is 14.7 Å². The summed E-state index contributed by atoms with van der Waals surface area (Å²) in [5, 5.41) is 26.2. The first kappa shape index (κ1) is 110. The average Bonchev–Trinajstić information content (AvgIpc) is 0.889. The van der Waals surface area contributed by atoms with Crippen LogP contribution in [0.2, 0.25) is 15.1 Å². The first-order valence-electron chi connectivity index (χ1n) is 26.9. The van der Waals surface area contributed by atoms with Crippen molar-refractivity contribution in [3.05, 3.63) is 93.0 Å². The Morgan fingerprint density at radius 2 is 0.771 bits per heavy atom. The standard InChI is InChI=1S/C20H29ClFNO6.C19H25ClFNO6.C12H22ClNO4.C7H4ClFO2.CH2O3.CH4.CH3.BrH.2Cs.Mg.H/c1-12(24)15-14(9-8-13(22)16(15)21)27-11-10-23(17(25)28-19(2,3)4)18(26)29-20(5,6)7;1-18(2,3)27-16(24)22(17(25)28-19(4,5)6)9-10-26-14-8-7-13(21)15(20)12(14)11-23;1-11(2,3)17-9(15)14(8-7-13)10(16)18-12(4,5)6;8-7-4(3-10)6(11)2-1-5(7)9;2-1-4-3;;;;;;;/h8-9,12,24H,10-11H2,1-7H3;7-8,11H,9-10H2,1-6H3;7-8H2,1-6H3;1-3,11H;1,3H;1H4;1H3;1H;;;;/q;;;;;;-1;;2*+1;+2;-1/p-2. The predicted molar refractivity (Wildman–Crippen MR) is 344 cm³/mol. The summed E-state index contributed by atoms with van der Waals surface area (Å²) in [6, 6.07) is 6.76. The second-order valence-corrected chi connectivity index (χ2v) is 25.7. The van der Waals surface area contributed by atoms with Gasteiger partial charge in [0.1, 0.15) is 81.5 Å². The van der Waals surface area contributed by atoms with E-state index < -0.39 is 93.7 Å². The summed E-state index contributed by atoms with van der Waals surface area (Å²) in [7, 11) is 0. The van der Waals surface area contributed by atoms with Crippen molar-refractivity contribution in [2.24, 2.45) is 0 Å². The van der Waals surface area contributed by atoms with Crippen LogP contribution in [-0.2, 0) is 38.1 Å². The molecule has 3 aromatic carbocycles. The van der Waals surface area contributed by atoms with Crippen LogP contribution in [0.3, 0.4) is 0 Å². The van der Waals surface area contributed by atoms with Crippen molar-refractivity contribution in [3.63, 3.8) is 0 Å². The SMILES string of the molecule is C.CC(C)(C)OC(=O)N(CCCl)C(=O)OC(C)(C)C.CC(C)(C)OC(=O)N(CCOc1ccc(F)c(Cl)c1C=O)C(=O)OC(C)(C)C.CC(O)c1c(OCCN(C(=O)OC(C)(C)C)C(=O)OC(C)(C)C)ccc(F)c1Cl.O=CO[O-].O=Cc1c(O)ccc(F)c1Cl.[Br-].[CH3-].[Cs+].[Cs+].[H-].[Mg+2]. The van der Waals surface area contributed by atoms with Gasteiger partial charge in [0.05, 0.1) is 45.4 Å². The van der Waals surface area contributed by atoms with Crippen LogP contribution in [0.4, 0.5) is 41.9 Å². The van der Waals surface area contributed by atoms with Crippen LogP contribution in [0, 0.1) is 24.9 Å². The molecule has 3 aromatic rings. The minimum Gasteiger partial charge on any atom is -1.00 e. The van der Waals surface area contributed by atoms with E-state index in [1.165, 1.54) is 19.1 Å². The van der Waals surface area contributed by atoms with E-state index >= 15 is 0 Å². The number of aldehydes is 2. The average molecular weight is 1770 g/mol. The summed E-state index contributed by atoms with van der Waals surface area (Å²) in [6.07, 6.45) is -5.50. The predicted octanol–water partition coefficient (Wildman–Crippen LogP) is 5.59. The molecule has 0 spiro atoms. The molecule has 24 nitrogen and oxygen atoms in total. The maximum absolute atomic E-state index is 13.7. The Morgan fingerprint density at radius 3 is 1.02 bits per heavy atom. The first-order valence-corrected chi connectivity index (χ1v) is 28.5. The van der Waals surface area contributed by atoms with Crippen molar-refractivity contribution in [1.29, 1.82) is 0 Å². The Kier molecular flexibility index (Phi) is 59.1. The summed E-state index contributed by atoms with van der Waals surface area (Å²) in [6.45, 7) is 30.8. The van der Waals surface area contributed by atoms with Crippen molar-refractivity contribution in [2.45, 2.75) is 179 Å². The molecule has 0 aliphatic heterocycles. The van der Waals surface area contributed by atoms with Crippen LogP contribution in [-0.4, -0.2) is 176 Å². The molecule has 1 atom stereocenters. The zero-order valence-electron chi connectivity index (χ0n) is 58.7. The molecule has 0 saturated heterocycles. The molecule has 0 radical (unpaired) electrons. The van der Waals surface area contributed by atoms with E-state index in [1.807, 2.05) is 0 Å². The van der Waals surface area contributed by atoms with E-state index in [-0.39, 0.29) is 288 Å². The summed E-state index contributed by atoms with van der Waals surface area (Å²) in [4.78, 5) is 108. The van der Waals surface area contributed by atoms with Crippen molar-refractivity contribution >= 4 is 125 Å². The monoisotopic (exact) mass is 1770 g/mol. The number of phenols is 1. The van der Waals surface area contributed by atoms with Crippen molar-refractivity contribution in [2.75, 3.05) is 38.7 Å². The third-order valence-electron chi connectivity index (χ3n) is 9.12. The molecule has 0 fully saturated rings. The van der Waals surface area contributed by atoms with Gasteiger partial charge in [-0.2, -0.15) is 0 Å². The number of hydrogen-bond acceptors (Lipinski definition) is 21. The van der Waals surface area contributed by atoms with E-state index in [2.05, 4.69) is 4.89 Å². The maximum Gasteiger partial charge on any atom is 2.00 e. The fourth-order valence-corrected chi connectivity index (χ4v) is 6.66. The van der Waals surface area contributed by atoms with Gasteiger partial charge in [-0.05, 0) is 168 Å². The third kappa shape index (κ3) is 47.5. The largest absolute Gasteiger partial charge is 2.00 e. The molecular formula is C61H89BrCl4Cs2F3MgN3O21. The molecule has 6 amide bonds. The smallest absolute Gasteiger partial charge is 1.00 e. The normalized spacial score (nSPS) is 10.8. The summed E-state index contributed by atoms with van der Waals surface area (Å²) in [5.41, 5.74) is -4.94. The number of aliphatic hydroxyl groups excluding tert-OH is 1. The third-order valence-corrected chi connectivity index (χ3v) is 10.4. The number of aliphatic hydroxyl groups is 1. The molecular weight excluding hydrogens is 1680 g/mol. The second kappa shape index (κ2) is 51.5. The molecule has 0 bridgehead atoms. The van der Waals surface area contributed by atoms with E-state index in [0.29, 0.717) is 12.6 Å². The van der Waals surface area contributed by atoms with Crippen molar-refractivity contribution in [3.8, 4) is 17.2 Å². The second-order valence-electron chi connectivity index (χ2n) is 24.2. The van der Waals surface area contributed by atoms with E-state index in [1.54, 1.807) is 125 Å². The van der Waals surface area contributed by atoms with Crippen LogP contribution >= 0.6 is 46.4 Å². The van der Waals surface area contributed by atoms with Gasteiger partial charge in [0.2, 0.25) is 0 Å². The Hall–Kier alpha value is -1.69. The Bertz CT molecular complexity index is 2830. The van der Waals surface area contributed by atoms with Gasteiger partial charge in [-0.15, -0.1) is 11.6 Å². The van der Waals surface area contributed by atoms with Crippen molar-refractivity contribution < 1.29 is 271 Å². The number of hydrogen-bond donors (Lipinski definition) is 2. The van der Waals surface area contributed by atoms with Gasteiger partial charge in [0.15, 0.2) is 12.6 Å². The fourth-order valence-electron chi connectivity index (χ4n) is 5.77. The molecule has 0 aliphatic rings. The molecule has 0 heterocycles. The van der Waals surface area contributed by atoms with Crippen LogP contribution in [0.1, 0.15) is 173 Å². The number of alkyl halides is 1. The molecule has 0 aromatic heterocycles. The molecule has 0 saturated carbocycles. The van der Waals surface area contributed by atoms with Crippen LogP contribution in [0.15, 0.2) is 36.4 Å². The van der Waals surface area contributed by atoms with Crippen LogP contribution in [0.25, 0.3) is 0 Å². The quantitative estimate of drug-likeness (QED) is 0.0378. The molecule has 3 rings (SSSR count). The van der Waals surface area contributed by atoms with Gasteiger partial charge in [-0.25, -0.2) is 56.6 Å². The molecule has 0 aliphatic carbocycles. The van der Waals surface area contributed by atoms with Crippen LogP contribution < -0.4 is 169 Å². The zero-order chi connectivity index (χ0) is 70.7. The number of benzene rings is 3. The number of carbonyl (C=O) groups excluding carboxylic acids is 9. The molecule has 534 valence electrons. The molecule has 96 heavy (non-hydrogen) atoms. The molecule has 1 unspecified atom stereocenters. The van der Waals surface area contributed by atoms with E-state index in [0.717, 1.165) is 39.0 Å². The molecule has 35 heteroatoms. The minimum absolute atomic E-state index is 0. The van der Waals surface area contributed by atoms with Gasteiger partial charge in [0, 0.05) is 18.0 Å². The van der Waals surface area contributed by atoms with Gasteiger partial charge in [-0.3, -0.25) is 14.4 Å². The van der Waals surface area contributed by atoms with Gasteiger partial charge >= 0.3 is 197 Å². The first-order chi connectivity index (χ1) is 40.9. The Balaban J connectivity index is -0.000000152. The number of rotatable bonds is 14. The Labute approximate surface area is 727 Å². The summed E-state index contributed by atoms with van der Waals surface area (Å²) < 4.78 is 81.8. The number of halogens is 8. The van der Waals surface area contributed by atoms with Gasteiger partial charge in [0.25, 0.3) is 6.47 Å². The minimum atomic E-state index is -1.08. The van der Waals surface area contributed by atoms with Gasteiger partial charge in [-0.1, -0.05) is 42.2 Å². The number of imide groups is 3. The summed E-state index contributed by atoms with van der Waals surface area (Å²) in [5.74, 6) is -2.20. The van der Waals surface area contributed by atoms with E-state index in [9.17, 15) is 56.6 Å². The fraction of sp³-hybridized carbons (Fsp3) is 0.541. The number of carbonyl (C=O) groups is 9. The van der Waals surface area contributed by atoms with Gasteiger partial charge < -0.3 is 84.1 Å². The zero-order valence-corrected chi connectivity index (χ0v) is 76.3.